The Labute approximate surface area is 106 Å². The van der Waals surface area contributed by atoms with Crippen LogP contribution in [0.1, 0.15) is 6.92 Å². The summed E-state index contributed by atoms with van der Waals surface area (Å²) in [5.74, 6) is -0.258. The van der Waals surface area contributed by atoms with Gasteiger partial charge in [-0.15, -0.1) is 0 Å². The number of carbonyl (C=O) groups is 1. The molecule has 0 aliphatic carbocycles. The first-order valence-corrected chi connectivity index (χ1v) is 5.70. The molecule has 1 rings (SSSR count). The van der Waals surface area contributed by atoms with Gasteiger partial charge < -0.3 is 29.4 Å². The van der Waals surface area contributed by atoms with Crippen molar-refractivity contribution in [3.63, 3.8) is 0 Å². The number of ether oxygens (including phenoxy) is 4. The van der Waals surface area contributed by atoms with Crippen LogP contribution in [0, 0.1) is 0 Å². The molecule has 0 spiro atoms. The van der Waals surface area contributed by atoms with Gasteiger partial charge in [-0.05, 0) is 0 Å². The summed E-state index contributed by atoms with van der Waals surface area (Å²) < 4.78 is 21.0. The summed E-state index contributed by atoms with van der Waals surface area (Å²) in [4.78, 5) is 11.1. The SMILES string of the molecule is COCC(OC)C1OC(O)C(NC(C)=O)C1OC. The topological polar surface area (TPSA) is 86.3 Å². The minimum Gasteiger partial charge on any atom is -0.382 e. The normalized spacial score (nSPS) is 33.4. The number of aliphatic hydroxyl groups is 1. The van der Waals surface area contributed by atoms with Crippen LogP contribution in [0.4, 0.5) is 0 Å². The van der Waals surface area contributed by atoms with Gasteiger partial charge >= 0.3 is 0 Å². The van der Waals surface area contributed by atoms with Gasteiger partial charge in [0.1, 0.15) is 24.4 Å². The predicted molar refractivity (Wildman–Crippen MR) is 62.0 cm³/mol. The van der Waals surface area contributed by atoms with E-state index in [0.29, 0.717) is 6.61 Å². The van der Waals surface area contributed by atoms with Crippen molar-refractivity contribution in [2.75, 3.05) is 27.9 Å². The number of carbonyl (C=O) groups excluding carboxylic acids is 1. The zero-order chi connectivity index (χ0) is 13.7. The van der Waals surface area contributed by atoms with Crippen LogP contribution in [0.5, 0.6) is 0 Å². The molecule has 0 saturated carbocycles. The monoisotopic (exact) mass is 263 g/mol. The van der Waals surface area contributed by atoms with Crippen LogP contribution in [0.2, 0.25) is 0 Å². The number of hydrogen-bond donors (Lipinski definition) is 2. The molecule has 5 unspecified atom stereocenters. The maximum absolute atomic E-state index is 11.1. The maximum atomic E-state index is 11.1. The average molecular weight is 263 g/mol. The van der Waals surface area contributed by atoms with Gasteiger partial charge in [0.25, 0.3) is 0 Å². The first-order valence-electron chi connectivity index (χ1n) is 5.70. The lowest BCUT2D eigenvalue weighted by atomic mass is 10.0. The maximum Gasteiger partial charge on any atom is 0.217 e. The molecule has 7 nitrogen and oxygen atoms in total. The van der Waals surface area contributed by atoms with E-state index in [1.54, 1.807) is 7.11 Å². The number of methoxy groups -OCH3 is 3. The minimum atomic E-state index is -1.13. The molecule has 0 bridgehead atoms. The van der Waals surface area contributed by atoms with E-state index >= 15 is 0 Å². The smallest absolute Gasteiger partial charge is 0.217 e. The fourth-order valence-corrected chi connectivity index (χ4v) is 2.12. The average Bonchev–Trinajstić information content (AvgIpc) is 2.62. The Hall–Kier alpha value is -0.730. The zero-order valence-electron chi connectivity index (χ0n) is 11.1. The van der Waals surface area contributed by atoms with E-state index in [1.807, 2.05) is 0 Å². The molecule has 0 aromatic carbocycles. The summed E-state index contributed by atoms with van der Waals surface area (Å²) >= 11 is 0. The van der Waals surface area contributed by atoms with E-state index in [-0.39, 0.29) is 12.0 Å². The summed E-state index contributed by atoms with van der Waals surface area (Å²) in [7, 11) is 4.57. The summed E-state index contributed by atoms with van der Waals surface area (Å²) in [5.41, 5.74) is 0. The molecule has 2 N–H and O–H groups in total. The van der Waals surface area contributed by atoms with E-state index < -0.39 is 24.5 Å². The lowest BCUT2D eigenvalue weighted by molar-refractivity contribution is -0.151. The Morgan fingerprint density at radius 3 is 2.56 bits per heavy atom. The van der Waals surface area contributed by atoms with Crippen molar-refractivity contribution < 1.29 is 28.8 Å². The highest BCUT2D eigenvalue weighted by atomic mass is 16.7. The molecule has 1 heterocycles. The van der Waals surface area contributed by atoms with Crippen LogP contribution in [-0.2, 0) is 23.7 Å². The molecule has 0 radical (unpaired) electrons. The third-order valence-corrected chi connectivity index (χ3v) is 2.92. The molecule has 1 aliphatic rings. The third-order valence-electron chi connectivity index (χ3n) is 2.92. The first-order chi connectivity index (χ1) is 8.54. The van der Waals surface area contributed by atoms with Crippen LogP contribution in [0.3, 0.4) is 0 Å². The molecule has 5 atom stereocenters. The number of nitrogens with one attached hydrogen (secondary N) is 1. The van der Waals surface area contributed by atoms with Crippen molar-refractivity contribution in [3.8, 4) is 0 Å². The summed E-state index contributed by atoms with van der Waals surface area (Å²) in [6.45, 7) is 1.68. The summed E-state index contributed by atoms with van der Waals surface area (Å²) in [5, 5.41) is 12.4. The molecular weight excluding hydrogens is 242 g/mol. The van der Waals surface area contributed by atoms with E-state index in [0.717, 1.165) is 0 Å². The van der Waals surface area contributed by atoms with Gasteiger partial charge in [-0.3, -0.25) is 4.79 Å². The second kappa shape index (κ2) is 7.01. The highest BCUT2D eigenvalue weighted by Crippen LogP contribution is 2.26. The molecule has 0 aromatic rings. The molecule has 18 heavy (non-hydrogen) atoms. The zero-order valence-corrected chi connectivity index (χ0v) is 11.1. The first kappa shape index (κ1) is 15.3. The van der Waals surface area contributed by atoms with Gasteiger partial charge in [-0.25, -0.2) is 0 Å². The summed E-state index contributed by atoms with van der Waals surface area (Å²) in [6.07, 6.45) is -2.51. The molecular formula is C11H21NO6. The van der Waals surface area contributed by atoms with Crippen molar-refractivity contribution in [1.29, 1.82) is 0 Å². The Bertz CT molecular complexity index is 274. The Morgan fingerprint density at radius 1 is 1.44 bits per heavy atom. The third kappa shape index (κ3) is 3.39. The number of amides is 1. The molecule has 1 amide bonds. The van der Waals surface area contributed by atoms with Crippen LogP contribution < -0.4 is 5.32 Å². The van der Waals surface area contributed by atoms with Crippen molar-refractivity contribution in [2.45, 2.75) is 37.6 Å². The van der Waals surface area contributed by atoms with Gasteiger partial charge in [-0.2, -0.15) is 0 Å². The molecule has 1 fully saturated rings. The predicted octanol–water partition coefficient (Wildman–Crippen LogP) is -1.12. The quantitative estimate of drug-likeness (QED) is 0.631. The second-order valence-electron chi connectivity index (χ2n) is 4.15. The van der Waals surface area contributed by atoms with Gasteiger partial charge in [0.2, 0.25) is 5.91 Å². The largest absolute Gasteiger partial charge is 0.382 e. The van der Waals surface area contributed by atoms with Crippen LogP contribution in [0.15, 0.2) is 0 Å². The number of rotatable bonds is 6. The molecule has 7 heteroatoms. The molecule has 1 saturated heterocycles. The van der Waals surface area contributed by atoms with Gasteiger partial charge in [0, 0.05) is 28.3 Å². The van der Waals surface area contributed by atoms with E-state index in [2.05, 4.69) is 5.32 Å². The lowest BCUT2D eigenvalue weighted by Gasteiger charge is -2.26. The fraction of sp³-hybridized carbons (Fsp3) is 0.909. The minimum absolute atomic E-state index is 0.258. The van der Waals surface area contributed by atoms with E-state index in [1.165, 1.54) is 21.1 Å². The van der Waals surface area contributed by atoms with Crippen LogP contribution >= 0.6 is 0 Å². The van der Waals surface area contributed by atoms with Crippen molar-refractivity contribution in [3.05, 3.63) is 0 Å². The van der Waals surface area contributed by atoms with Crippen molar-refractivity contribution in [1.82, 2.24) is 5.32 Å². The molecule has 106 valence electrons. The van der Waals surface area contributed by atoms with Gasteiger partial charge in [0.15, 0.2) is 6.29 Å². The van der Waals surface area contributed by atoms with E-state index in [4.69, 9.17) is 18.9 Å². The lowest BCUT2D eigenvalue weighted by Crippen LogP contribution is -2.50. The Morgan fingerprint density at radius 2 is 2.11 bits per heavy atom. The fourth-order valence-electron chi connectivity index (χ4n) is 2.12. The van der Waals surface area contributed by atoms with Crippen LogP contribution in [0.25, 0.3) is 0 Å². The van der Waals surface area contributed by atoms with Crippen LogP contribution in [-0.4, -0.2) is 69.6 Å². The number of aliphatic hydroxyl groups excluding tert-OH is 1. The number of hydrogen-bond acceptors (Lipinski definition) is 6. The molecule has 0 aromatic heterocycles. The molecule has 1 aliphatic heterocycles. The van der Waals surface area contributed by atoms with Gasteiger partial charge in [0.05, 0.1) is 6.61 Å². The highest BCUT2D eigenvalue weighted by molar-refractivity contribution is 5.73. The van der Waals surface area contributed by atoms with E-state index in [9.17, 15) is 9.90 Å². The Balaban J connectivity index is 2.78. The van der Waals surface area contributed by atoms with Crippen molar-refractivity contribution in [2.24, 2.45) is 0 Å². The highest BCUT2D eigenvalue weighted by Gasteiger charge is 2.48. The van der Waals surface area contributed by atoms with Gasteiger partial charge in [-0.1, -0.05) is 0 Å². The standard InChI is InChI=1S/C11H21NO6/c1-6(13)12-8-10(17-4)9(18-11(8)14)7(16-3)5-15-2/h7-11,14H,5H2,1-4H3,(H,12,13). The Kier molecular flexibility index (Phi) is 5.97. The second-order valence-corrected chi connectivity index (χ2v) is 4.15. The summed E-state index contributed by atoms with van der Waals surface area (Å²) in [6, 6.07) is -0.619. The van der Waals surface area contributed by atoms with Crippen molar-refractivity contribution >= 4 is 5.91 Å².